The number of hydrogen-bond donors (Lipinski definition) is 2. The Morgan fingerprint density at radius 2 is 1.96 bits per heavy atom. The summed E-state index contributed by atoms with van der Waals surface area (Å²) in [5.74, 6) is 0.561. The van der Waals surface area contributed by atoms with Gasteiger partial charge in [0, 0.05) is 5.70 Å². The molecule has 1 aliphatic heterocycles. The molecule has 0 bridgehead atoms. The fraction of sp³-hybridized carbons (Fsp3) is 0.474. The predicted octanol–water partition coefficient (Wildman–Crippen LogP) is 3.83. The molecule has 8 heteroatoms. The third-order valence-corrected chi connectivity index (χ3v) is 4.59. The molecular formula is C19H25BrN2O5. The molecule has 1 aliphatic rings. The lowest BCUT2D eigenvalue weighted by atomic mass is 9.93. The second-order valence-electron chi connectivity index (χ2n) is 6.37. The van der Waals surface area contributed by atoms with Crippen molar-refractivity contribution in [2.45, 2.75) is 45.8 Å². The molecule has 0 aromatic heterocycles. The van der Waals surface area contributed by atoms with Crippen LogP contribution in [-0.2, 0) is 9.53 Å². The van der Waals surface area contributed by atoms with E-state index in [0.717, 1.165) is 6.42 Å². The summed E-state index contributed by atoms with van der Waals surface area (Å²) < 4.78 is 16.8. The van der Waals surface area contributed by atoms with Crippen LogP contribution in [0.5, 0.6) is 11.5 Å². The van der Waals surface area contributed by atoms with E-state index in [2.05, 4.69) is 26.6 Å². The molecule has 2 amide bonds. The zero-order valence-electron chi connectivity index (χ0n) is 16.1. The Balaban J connectivity index is 2.60. The Bertz CT molecular complexity index is 761. The summed E-state index contributed by atoms with van der Waals surface area (Å²) in [4.78, 5) is 25.0. The first-order valence-corrected chi connectivity index (χ1v) is 9.54. The Morgan fingerprint density at radius 3 is 2.52 bits per heavy atom. The molecule has 1 unspecified atom stereocenters. The topological polar surface area (TPSA) is 85.9 Å². The highest BCUT2D eigenvalue weighted by molar-refractivity contribution is 9.10. The van der Waals surface area contributed by atoms with Gasteiger partial charge in [-0.1, -0.05) is 13.3 Å². The molecule has 2 rings (SSSR count). The molecule has 0 fully saturated rings. The molecule has 2 N–H and O–H groups in total. The van der Waals surface area contributed by atoms with Crippen molar-refractivity contribution in [1.29, 1.82) is 0 Å². The quantitative estimate of drug-likeness (QED) is 0.629. The number of carbonyl (C=O) groups is 2. The highest BCUT2D eigenvalue weighted by Gasteiger charge is 2.34. The largest absolute Gasteiger partial charge is 0.493 e. The van der Waals surface area contributed by atoms with Gasteiger partial charge in [0.2, 0.25) is 0 Å². The van der Waals surface area contributed by atoms with E-state index in [1.54, 1.807) is 33.1 Å². The van der Waals surface area contributed by atoms with Gasteiger partial charge >= 0.3 is 12.0 Å². The fourth-order valence-electron chi connectivity index (χ4n) is 2.94. The first-order valence-electron chi connectivity index (χ1n) is 8.75. The van der Waals surface area contributed by atoms with Crippen molar-refractivity contribution in [3.63, 3.8) is 0 Å². The van der Waals surface area contributed by atoms with Gasteiger partial charge in [0.1, 0.15) is 0 Å². The van der Waals surface area contributed by atoms with Gasteiger partial charge < -0.3 is 24.8 Å². The zero-order chi connectivity index (χ0) is 20.1. The number of rotatable bonds is 7. The summed E-state index contributed by atoms with van der Waals surface area (Å²) in [5.41, 5.74) is 1.64. The number of ether oxygens (including phenoxy) is 3. The van der Waals surface area contributed by atoms with Crippen molar-refractivity contribution in [1.82, 2.24) is 10.6 Å². The van der Waals surface area contributed by atoms with Gasteiger partial charge in [0.05, 0.1) is 36.4 Å². The van der Waals surface area contributed by atoms with Gasteiger partial charge in [-0.15, -0.1) is 0 Å². The third-order valence-electron chi connectivity index (χ3n) is 4.01. The molecule has 1 heterocycles. The van der Waals surface area contributed by atoms with E-state index in [-0.39, 0.29) is 12.1 Å². The molecule has 0 saturated heterocycles. The number of allylic oxidation sites excluding steroid dienone is 1. The van der Waals surface area contributed by atoms with Crippen LogP contribution in [0.2, 0.25) is 0 Å². The second-order valence-corrected chi connectivity index (χ2v) is 7.22. The summed E-state index contributed by atoms with van der Waals surface area (Å²) in [5, 5.41) is 5.56. The minimum Gasteiger partial charge on any atom is -0.493 e. The minimum atomic E-state index is -0.664. The van der Waals surface area contributed by atoms with Crippen molar-refractivity contribution in [3.8, 4) is 11.5 Å². The molecule has 7 nitrogen and oxygen atoms in total. The molecule has 1 aromatic carbocycles. The SMILES string of the molecule is CCCC1=C(C(=O)OC(C)C)C(c2cc(Br)c(OC)c(OC)c2)NC(=O)N1. The maximum Gasteiger partial charge on any atom is 0.338 e. The number of urea groups is 1. The van der Waals surface area contributed by atoms with Crippen LogP contribution < -0.4 is 20.1 Å². The Hall–Kier alpha value is -2.22. The van der Waals surface area contributed by atoms with Crippen LogP contribution in [0.15, 0.2) is 27.9 Å². The second kappa shape index (κ2) is 9.12. The van der Waals surface area contributed by atoms with Crippen molar-refractivity contribution in [2.24, 2.45) is 0 Å². The standard InChI is InChI=1S/C19H25BrN2O5/c1-6-7-13-15(18(23)27-10(2)3)16(22-19(24)21-13)11-8-12(20)17(26-5)14(9-11)25-4/h8-10,16H,6-7H2,1-5H3,(H2,21,22,24). The molecule has 148 valence electrons. The van der Waals surface area contributed by atoms with Crippen LogP contribution in [0.4, 0.5) is 4.79 Å². The van der Waals surface area contributed by atoms with Crippen LogP contribution in [0.25, 0.3) is 0 Å². The van der Waals surface area contributed by atoms with E-state index in [0.29, 0.717) is 39.2 Å². The van der Waals surface area contributed by atoms with Crippen LogP contribution >= 0.6 is 15.9 Å². The lowest BCUT2D eigenvalue weighted by Gasteiger charge is -2.30. The summed E-state index contributed by atoms with van der Waals surface area (Å²) in [6.07, 6.45) is 1.06. The van der Waals surface area contributed by atoms with E-state index in [4.69, 9.17) is 14.2 Å². The van der Waals surface area contributed by atoms with E-state index in [1.165, 1.54) is 7.11 Å². The average Bonchev–Trinajstić information content (AvgIpc) is 2.59. The van der Waals surface area contributed by atoms with Crippen LogP contribution in [0.3, 0.4) is 0 Å². The van der Waals surface area contributed by atoms with E-state index >= 15 is 0 Å². The van der Waals surface area contributed by atoms with E-state index in [9.17, 15) is 9.59 Å². The van der Waals surface area contributed by atoms with Gasteiger partial charge in [-0.05, 0) is 53.9 Å². The van der Waals surface area contributed by atoms with Gasteiger partial charge in [-0.25, -0.2) is 9.59 Å². The number of halogens is 1. The third kappa shape index (κ3) is 4.74. The first kappa shape index (κ1) is 21.1. The van der Waals surface area contributed by atoms with Crippen LogP contribution in [-0.4, -0.2) is 32.3 Å². The summed E-state index contributed by atoms with van der Waals surface area (Å²) in [6, 6.07) is 2.51. The summed E-state index contributed by atoms with van der Waals surface area (Å²) >= 11 is 3.46. The van der Waals surface area contributed by atoms with E-state index in [1.807, 2.05) is 6.92 Å². The number of nitrogens with one attached hydrogen (secondary N) is 2. The molecule has 0 spiro atoms. The first-order chi connectivity index (χ1) is 12.8. The van der Waals surface area contributed by atoms with E-state index < -0.39 is 12.0 Å². The normalized spacial score (nSPS) is 16.7. The number of esters is 1. The monoisotopic (exact) mass is 440 g/mol. The predicted molar refractivity (Wildman–Crippen MR) is 105 cm³/mol. The fourth-order valence-corrected chi connectivity index (χ4v) is 3.56. The molecule has 1 atom stereocenters. The maximum absolute atomic E-state index is 12.8. The lowest BCUT2D eigenvalue weighted by molar-refractivity contribution is -0.143. The highest BCUT2D eigenvalue weighted by Crippen LogP contribution is 2.40. The van der Waals surface area contributed by atoms with Crippen LogP contribution in [0, 0.1) is 0 Å². The van der Waals surface area contributed by atoms with Crippen molar-refractivity contribution in [3.05, 3.63) is 33.4 Å². The molecule has 27 heavy (non-hydrogen) atoms. The minimum absolute atomic E-state index is 0.275. The molecule has 0 radical (unpaired) electrons. The number of benzene rings is 1. The van der Waals surface area contributed by atoms with Crippen molar-refractivity contribution >= 4 is 27.9 Å². The van der Waals surface area contributed by atoms with Gasteiger partial charge in [-0.2, -0.15) is 0 Å². The summed E-state index contributed by atoms with van der Waals surface area (Å²) in [6.45, 7) is 5.55. The number of amides is 2. The smallest absolute Gasteiger partial charge is 0.338 e. The zero-order valence-corrected chi connectivity index (χ0v) is 17.7. The average molecular weight is 441 g/mol. The van der Waals surface area contributed by atoms with Gasteiger partial charge in [-0.3, -0.25) is 0 Å². The van der Waals surface area contributed by atoms with Crippen molar-refractivity contribution in [2.75, 3.05) is 14.2 Å². The van der Waals surface area contributed by atoms with Crippen molar-refractivity contribution < 1.29 is 23.8 Å². The maximum atomic E-state index is 12.8. The number of methoxy groups -OCH3 is 2. The van der Waals surface area contributed by atoms with Gasteiger partial charge in [0.15, 0.2) is 11.5 Å². The Kier molecular flexibility index (Phi) is 7.12. The molecule has 0 saturated carbocycles. The number of carbonyl (C=O) groups excluding carboxylic acids is 2. The van der Waals surface area contributed by atoms with Crippen LogP contribution in [0.1, 0.15) is 45.2 Å². The Morgan fingerprint density at radius 1 is 1.26 bits per heavy atom. The number of hydrogen-bond acceptors (Lipinski definition) is 5. The Labute approximate surface area is 167 Å². The molecule has 1 aromatic rings. The molecular weight excluding hydrogens is 416 g/mol. The molecule has 0 aliphatic carbocycles. The highest BCUT2D eigenvalue weighted by atomic mass is 79.9. The van der Waals surface area contributed by atoms with Gasteiger partial charge in [0.25, 0.3) is 0 Å². The lowest BCUT2D eigenvalue weighted by Crippen LogP contribution is -2.46. The summed E-state index contributed by atoms with van der Waals surface area (Å²) in [7, 11) is 3.07.